The van der Waals surface area contributed by atoms with E-state index >= 15 is 0 Å². The van der Waals surface area contributed by atoms with Crippen LogP contribution >= 0.6 is 0 Å². The molecule has 0 aliphatic carbocycles. The number of Topliss-reactive ketones (excluding diaryl/α,β-unsaturated/α-hetero) is 2. The van der Waals surface area contributed by atoms with Crippen LogP contribution in [0.25, 0.3) is 0 Å². The highest BCUT2D eigenvalue weighted by Gasteiger charge is 2.13. The van der Waals surface area contributed by atoms with Crippen molar-refractivity contribution < 1.29 is 9.59 Å². The second-order valence-electron chi connectivity index (χ2n) is 2.40. The Kier molecular flexibility index (Phi) is 1.89. The fourth-order valence-electron chi connectivity index (χ4n) is 0.888. The van der Waals surface area contributed by atoms with Crippen molar-refractivity contribution in [1.82, 2.24) is 4.98 Å². The van der Waals surface area contributed by atoms with Crippen LogP contribution in [0.5, 0.6) is 0 Å². The van der Waals surface area contributed by atoms with Crippen molar-refractivity contribution in [2.24, 2.45) is 0 Å². The molecule has 0 unspecified atom stereocenters. The monoisotopic (exact) mass is 151 g/mol. The minimum Gasteiger partial charge on any atom is -0.365 e. The number of aromatic amines is 1. The van der Waals surface area contributed by atoms with Gasteiger partial charge in [0.25, 0.3) is 0 Å². The maximum Gasteiger partial charge on any atom is 0.230 e. The summed E-state index contributed by atoms with van der Waals surface area (Å²) in [6.07, 6.45) is 1.64. The predicted molar refractivity (Wildman–Crippen MR) is 40.5 cm³/mol. The normalized spacial score (nSPS) is 9.64. The molecule has 1 rings (SSSR count). The van der Waals surface area contributed by atoms with E-state index in [-0.39, 0.29) is 0 Å². The Hall–Kier alpha value is -1.38. The first-order valence-corrected chi connectivity index (χ1v) is 3.32. The molecule has 58 valence electrons. The summed E-state index contributed by atoms with van der Waals surface area (Å²) in [5, 5.41) is 0. The van der Waals surface area contributed by atoms with Crippen LogP contribution in [0.1, 0.15) is 23.0 Å². The average molecular weight is 151 g/mol. The van der Waals surface area contributed by atoms with Crippen molar-refractivity contribution in [3.63, 3.8) is 0 Å². The minimum absolute atomic E-state index is 0.423. The van der Waals surface area contributed by atoms with Gasteiger partial charge >= 0.3 is 0 Å². The predicted octanol–water partition coefficient (Wildman–Crippen LogP) is 1.09. The Morgan fingerprint density at radius 1 is 1.45 bits per heavy atom. The van der Waals surface area contributed by atoms with E-state index < -0.39 is 11.6 Å². The standard InChI is InChI=1S/C8H9NO2/c1-5-7(3-4-9-5)8(11)6(2)10/h3-4,9H,1-2H3. The van der Waals surface area contributed by atoms with Crippen LogP contribution in [-0.4, -0.2) is 16.6 Å². The number of aryl methyl sites for hydroxylation is 1. The van der Waals surface area contributed by atoms with Gasteiger partial charge in [-0.25, -0.2) is 0 Å². The van der Waals surface area contributed by atoms with Crippen LogP contribution in [-0.2, 0) is 4.79 Å². The molecule has 1 N–H and O–H groups in total. The summed E-state index contributed by atoms with van der Waals surface area (Å²) in [5.41, 5.74) is 1.21. The number of H-pyrrole nitrogens is 1. The van der Waals surface area contributed by atoms with Gasteiger partial charge in [-0.1, -0.05) is 0 Å². The molecule has 1 aromatic heterocycles. The van der Waals surface area contributed by atoms with Gasteiger partial charge in [0.15, 0.2) is 5.78 Å². The Morgan fingerprint density at radius 3 is 2.45 bits per heavy atom. The van der Waals surface area contributed by atoms with Gasteiger partial charge in [0.2, 0.25) is 5.78 Å². The molecule has 3 heteroatoms. The van der Waals surface area contributed by atoms with Crippen molar-refractivity contribution in [2.75, 3.05) is 0 Å². The first-order valence-electron chi connectivity index (χ1n) is 3.32. The largest absolute Gasteiger partial charge is 0.365 e. The van der Waals surface area contributed by atoms with E-state index in [1.807, 2.05) is 0 Å². The summed E-state index contributed by atoms with van der Waals surface area (Å²) < 4.78 is 0. The molecule has 0 radical (unpaired) electrons. The number of hydrogen-bond acceptors (Lipinski definition) is 2. The number of ketones is 2. The molecule has 1 aromatic rings. The Morgan fingerprint density at radius 2 is 2.09 bits per heavy atom. The van der Waals surface area contributed by atoms with E-state index in [2.05, 4.69) is 4.98 Å². The minimum atomic E-state index is -0.427. The summed E-state index contributed by atoms with van der Waals surface area (Å²) >= 11 is 0. The molecule has 3 nitrogen and oxygen atoms in total. The number of carbonyl (C=O) groups is 2. The first-order chi connectivity index (χ1) is 5.13. The molecule has 0 bridgehead atoms. The summed E-state index contributed by atoms with van der Waals surface area (Å²) in [4.78, 5) is 24.5. The Balaban J connectivity index is 3.02. The third kappa shape index (κ3) is 1.37. The van der Waals surface area contributed by atoms with Crippen LogP contribution < -0.4 is 0 Å². The molecule has 1 heterocycles. The Bertz CT molecular complexity index is 299. The summed E-state index contributed by atoms with van der Waals surface area (Å²) in [7, 11) is 0. The lowest BCUT2D eigenvalue weighted by molar-refractivity contribution is -0.113. The highest BCUT2D eigenvalue weighted by atomic mass is 16.2. The van der Waals surface area contributed by atoms with E-state index in [1.165, 1.54) is 6.92 Å². The van der Waals surface area contributed by atoms with Crippen molar-refractivity contribution in [2.45, 2.75) is 13.8 Å². The Labute approximate surface area is 64.4 Å². The zero-order valence-electron chi connectivity index (χ0n) is 6.47. The highest BCUT2D eigenvalue weighted by molar-refractivity contribution is 6.43. The molecule has 11 heavy (non-hydrogen) atoms. The van der Waals surface area contributed by atoms with Gasteiger partial charge < -0.3 is 4.98 Å². The molecule has 0 aliphatic rings. The van der Waals surface area contributed by atoms with Gasteiger partial charge in [-0.05, 0) is 13.0 Å². The van der Waals surface area contributed by atoms with Crippen molar-refractivity contribution in [1.29, 1.82) is 0 Å². The lowest BCUT2D eigenvalue weighted by atomic mass is 10.1. The van der Waals surface area contributed by atoms with Crippen molar-refractivity contribution in [3.8, 4) is 0 Å². The van der Waals surface area contributed by atoms with Crippen LogP contribution in [0.3, 0.4) is 0 Å². The molecule has 0 fully saturated rings. The fourth-order valence-corrected chi connectivity index (χ4v) is 0.888. The highest BCUT2D eigenvalue weighted by Crippen LogP contribution is 2.05. The average Bonchev–Trinajstić information content (AvgIpc) is 2.33. The lowest BCUT2D eigenvalue weighted by Crippen LogP contribution is -2.09. The van der Waals surface area contributed by atoms with Crippen LogP contribution in [0.2, 0.25) is 0 Å². The van der Waals surface area contributed by atoms with E-state index in [9.17, 15) is 9.59 Å². The first kappa shape index (κ1) is 7.72. The zero-order chi connectivity index (χ0) is 8.43. The second kappa shape index (κ2) is 2.70. The van der Waals surface area contributed by atoms with E-state index in [1.54, 1.807) is 19.2 Å². The maximum absolute atomic E-state index is 11.1. The van der Waals surface area contributed by atoms with Gasteiger partial charge in [-0.2, -0.15) is 0 Å². The lowest BCUT2D eigenvalue weighted by Gasteiger charge is -1.92. The molecule has 0 aromatic carbocycles. The number of aromatic nitrogens is 1. The van der Waals surface area contributed by atoms with Crippen molar-refractivity contribution in [3.05, 3.63) is 23.5 Å². The van der Waals surface area contributed by atoms with E-state index in [0.717, 1.165) is 5.69 Å². The molecule has 0 aliphatic heterocycles. The molecule has 0 amide bonds. The summed E-state index contributed by atoms with van der Waals surface area (Å²) in [6, 6.07) is 1.61. The van der Waals surface area contributed by atoms with Crippen molar-refractivity contribution >= 4 is 11.6 Å². The molecular weight excluding hydrogens is 142 g/mol. The quantitative estimate of drug-likeness (QED) is 0.508. The van der Waals surface area contributed by atoms with Gasteiger partial charge in [-0.3, -0.25) is 9.59 Å². The van der Waals surface area contributed by atoms with Crippen LogP contribution in [0.4, 0.5) is 0 Å². The number of nitrogens with one attached hydrogen (secondary N) is 1. The number of carbonyl (C=O) groups excluding carboxylic acids is 2. The molecule has 0 atom stereocenters. The van der Waals surface area contributed by atoms with Gasteiger partial charge in [0.1, 0.15) is 0 Å². The molecule has 0 saturated heterocycles. The molecular formula is C8H9NO2. The third-order valence-electron chi connectivity index (χ3n) is 1.52. The number of hydrogen-bond donors (Lipinski definition) is 1. The topological polar surface area (TPSA) is 49.9 Å². The number of rotatable bonds is 2. The van der Waals surface area contributed by atoms with Gasteiger partial charge in [-0.15, -0.1) is 0 Å². The summed E-state index contributed by atoms with van der Waals surface area (Å²) in [5.74, 6) is -0.851. The van der Waals surface area contributed by atoms with Gasteiger partial charge in [0.05, 0.1) is 0 Å². The SMILES string of the molecule is CC(=O)C(=O)c1cc[nH]c1C. The van der Waals surface area contributed by atoms with Gasteiger partial charge in [0, 0.05) is 24.4 Å². The van der Waals surface area contributed by atoms with Crippen LogP contribution in [0.15, 0.2) is 12.3 Å². The van der Waals surface area contributed by atoms with E-state index in [0.29, 0.717) is 5.56 Å². The molecule has 0 spiro atoms. The second-order valence-corrected chi connectivity index (χ2v) is 2.40. The fraction of sp³-hybridized carbons (Fsp3) is 0.250. The van der Waals surface area contributed by atoms with E-state index in [4.69, 9.17) is 0 Å². The zero-order valence-corrected chi connectivity index (χ0v) is 6.47. The summed E-state index contributed by atoms with van der Waals surface area (Å²) in [6.45, 7) is 3.03. The van der Waals surface area contributed by atoms with Crippen LogP contribution in [0, 0.1) is 6.92 Å². The maximum atomic E-state index is 11.1. The third-order valence-corrected chi connectivity index (χ3v) is 1.52. The molecule has 0 saturated carbocycles. The smallest absolute Gasteiger partial charge is 0.230 e.